The highest BCUT2D eigenvalue weighted by Gasteiger charge is 2.14. The summed E-state index contributed by atoms with van der Waals surface area (Å²) >= 11 is 3.42. The van der Waals surface area contributed by atoms with E-state index in [4.69, 9.17) is 10.5 Å². The minimum absolute atomic E-state index is 0.163. The van der Waals surface area contributed by atoms with Crippen LogP contribution in [0.3, 0.4) is 0 Å². The molecule has 0 saturated heterocycles. The van der Waals surface area contributed by atoms with Gasteiger partial charge in [0, 0.05) is 13.0 Å². The van der Waals surface area contributed by atoms with Gasteiger partial charge in [0.25, 0.3) is 0 Å². The molecule has 0 aliphatic heterocycles. The molecule has 1 aromatic heterocycles. The fraction of sp³-hybridized carbons (Fsp3) is 0.636. The molecule has 2 N–H and O–H groups in total. The number of anilines is 1. The molecule has 90 valence electrons. The number of nitrogen functional groups attached to an aromatic ring is 1. The molecule has 0 bridgehead atoms. The Morgan fingerprint density at radius 2 is 2.12 bits per heavy atom. The lowest BCUT2D eigenvalue weighted by molar-refractivity contribution is 0.181. The van der Waals surface area contributed by atoms with E-state index in [0.717, 1.165) is 28.8 Å². The highest BCUT2D eigenvalue weighted by Crippen LogP contribution is 2.24. The molecular formula is C11H18BrN3O. The lowest BCUT2D eigenvalue weighted by atomic mass is 10.1. The predicted molar refractivity (Wildman–Crippen MR) is 68.4 cm³/mol. The fourth-order valence-corrected chi connectivity index (χ4v) is 1.86. The summed E-state index contributed by atoms with van der Waals surface area (Å²) in [5.74, 6) is 1.43. The molecule has 0 aliphatic rings. The van der Waals surface area contributed by atoms with Crippen LogP contribution in [0.2, 0.25) is 0 Å². The summed E-state index contributed by atoms with van der Waals surface area (Å²) in [4.78, 5) is 8.80. The Morgan fingerprint density at radius 1 is 1.44 bits per heavy atom. The standard InChI is InChI=1S/C11H18BrN3O/c1-4-5-8-9(12)10(13)15-11(14-8)7(2)6-16-3/h7H,4-6H2,1-3H3,(H2,13,14,15). The van der Waals surface area contributed by atoms with E-state index in [1.165, 1.54) is 0 Å². The number of nitrogens with two attached hydrogens (primary N) is 1. The van der Waals surface area contributed by atoms with Crippen LogP contribution >= 0.6 is 15.9 Å². The van der Waals surface area contributed by atoms with Crippen LogP contribution in [0.4, 0.5) is 5.82 Å². The second kappa shape index (κ2) is 6.15. The van der Waals surface area contributed by atoms with E-state index in [0.29, 0.717) is 12.4 Å². The van der Waals surface area contributed by atoms with Crippen LogP contribution in [0.15, 0.2) is 4.47 Å². The fourth-order valence-electron chi connectivity index (χ4n) is 1.48. The van der Waals surface area contributed by atoms with Gasteiger partial charge < -0.3 is 10.5 Å². The Morgan fingerprint density at radius 3 is 2.69 bits per heavy atom. The normalized spacial score (nSPS) is 12.8. The monoisotopic (exact) mass is 287 g/mol. The largest absolute Gasteiger partial charge is 0.384 e. The molecule has 0 fully saturated rings. The van der Waals surface area contributed by atoms with Gasteiger partial charge in [-0.15, -0.1) is 0 Å². The lowest BCUT2D eigenvalue weighted by Crippen LogP contribution is -2.11. The van der Waals surface area contributed by atoms with Gasteiger partial charge in [0.15, 0.2) is 0 Å². The van der Waals surface area contributed by atoms with Gasteiger partial charge in [-0.25, -0.2) is 9.97 Å². The van der Waals surface area contributed by atoms with Crippen molar-refractivity contribution in [3.05, 3.63) is 16.0 Å². The third-order valence-electron chi connectivity index (χ3n) is 2.31. The summed E-state index contributed by atoms with van der Waals surface area (Å²) in [5.41, 5.74) is 6.83. The summed E-state index contributed by atoms with van der Waals surface area (Å²) in [6.07, 6.45) is 1.94. The number of methoxy groups -OCH3 is 1. The van der Waals surface area contributed by atoms with Crippen molar-refractivity contribution < 1.29 is 4.74 Å². The number of ether oxygens (including phenoxy) is 1. The second-order valence-corrected chi connectivity index (χ2v) is 4.63. The van der Waals surface area contributed by atoms with Crippen LogP contribution < -0.4 is 5.73 Å². The molecule has 0 spiro atoms. The molecule has 0 radical (unpaired) electrons. The van der Waals surface area contributed by atoms with E-state index in [1.54, 1.807) is 7.11 Å². The maximum atomic E-state index is 5.85. The molecule has 0 amide bonds. The SMILES string of the molecule is CCCc1nc(C(C)COC)nc(N)c1Br. The van der Waals surface area contributed by atoms with Crippen molar-refractivity contribution in [2.45, 2.75) is 32.6 Å². The Bertz CT molecular complexity index is 357. The number of nitrogens with zero attached hydrogens (tertiary/aromatic N) is 2. The van der Waals surface area contributed by atoms with Gasteiger partial charge in [-0.2, -0.15) is 0 Å². The van der Waals surface area contributed by atoms with Crippen molar-refractivity contribution in [3.8, 4) is 0 Å². The molecule has 1 heterocycles. The first-order chi connectivity index (χ1) is 7.60. The highest BCUT2D eigenvalue weighted by molar-refractivity contribution is 9.10. The van der Waals surface area contributed by atoms with Crippen molar-refractivity contribution in [2.24, 2.45) is 0 Å². The molecule has 0 aromatic carbocycles. The number of aromatic nitrogens is 2. The van der Waals surface area contributed by atoms with E-state index in [9.17, 15) is 0 Å². The van der Waals surface area contributed by atoms with Gasteiger partial charge in [-0.3, -0.25) is 0 Å². The first-order valence-electron chi connectivity index (χ1n) is 5.40. The van der Waals surface area contributed by atoms with Crippen LogP contribution in [-0.2, 0) is 11.2 Å². The minimum Gasteiger partial charge on any atom is -0.384 e. The van der Waals surface area contributed by atoms with Crippen LogP contribution in [-0.4, -0.2) is 23.7 Å². The van der Waals surface area contributed by atoms with Gasteiger partial charge >= 0.3 is 0 Å². The second-order valence-electron chi connectivity index (χ2n) is 3.83. The van der Waals surface area contributed by atoms with E-state index in [1.807, 2.05) is 6.92 Å². The Balaban J connectivity index is 3.03. The zero-order valence-electron chi connectivity index (χ0n) is 9.96. The summed E-state index contributed by atoms with van der Waals surface area (Å²) in [6.45, 7) is 4.75. The summed E-state index contributed by atoms with van der Waals surface area (Å²) in [5, 5.41) is 0. The van der Waals surface area contributed by atoms with Gasteiger partial charge in [0.05, 0.1) is 16.8 Å². The van der Waals surface area contributed by atoms with Crippen molar-refractivity contribution in [1.82, 2.24) is 9.97 Å². The Labute approximate surface area is 105 Å². The first kappa shape index (κ1) is 13.4. The van der Waals surface area contributed by atoms with Crippen LogP contribution in [0.5, 0.6) is 0 Å². The number of rotatable bonds is 5. The summed E-state index contributed by atoms with van der Waals surface area (Å²) < 4.78 is 5.92. The topological polar surface area (TPSA) is 61.0 Å². The van der Waals surface area contributed by atoms with Crippen molar-refractivity contribution in [2.75, 3.05) is 19.5 Å². The number of aryl methyl sites for hydroxylation is 1. The molecule has 1 aromatic rings. The van der Waals surface area contributed by atoms with Crippen LogP contribution in [0.1, 0.15) is 37.7 Å². The molecule has 1 rings (SSSR count). The number of hydrogen-bond donors (Lipinski definition) is 1. The van der Waals surface area contributed by atoms with Crippen molar-refractivity contribution in [3.63, 3.8) is 0 Å². The molecule has 0 saturated carbocycles. The highest BCUT2D eigenvalue weighted by atomic mass is 79.9. The molecule has 1 atom stereocenters. The first-order valence-corrected chi connectivity index (χ1v) is 6.20. The van der Waals surface area contributed by atoms with Crippen molar-refractivity contribution in [1.29, 1.82) is 0 Å². The molecule has 0 aliphatic carbocycles. The zero-order valence-corrected chi connectivity index (χ0v) is 11.5. The van der Waals surface area contributed by atoms with Gasteiger partial charge in [-0.1, -0.05) is 20.3 Å². The van der Waals surface area contributed by atoms with Crippen LogP contribution in [0.25, 0.3) is 0 Å². The quantitative estimate of drug-likeness (QED) is 0.904. The molecule has 16 heavy (non-hydrogen) atoms. The predicted octanol–water partition coefficient (Wildman–Crippen LogP) is 2.52. The van der Waals surface area contributed by atoms with Gasteiger partial charge in [-0.05, 0) is 22.4 Å². The van der Waals surface area contributed by atoms with E-state index < -0.39 is 0 Å². The molecule has 5 heteroatoms. The Hall–Kier alpha value is -0.680. The zero-order chi connectivity index (χ0) is 12.1. The van der Waals surface area contributed by atoms with E-state index >= 15 is 0 Å². The van der Waals surface area contributed by atoms with Crippen molar-refractivity contribution >= 4 is 21.7 Å². The average molecular weight is 288 g/mol. The maximum absolute atomic E-state index is 5.85. The van der Waals surface area contributed by atoms with E-state index in [2.05, 4.69) is 32.8 Å². The van der Waals surface area contributed by atoms with Crippen LogP contribution in [0, 0.1) is 0 Å². The number of halogens is 1. The third-order valence-corrected chi connectivity index (χ3v) is 3.17. The summed E-state index contributed by atoms with van der Waals surface area (Å²) in [6, 6.07) is 0. The Kier molecular flexibility index (Phi) is 5.15. The third kappa shape index (κ3) is 3.15. The number of hydrogen-bond acceptors (Lipinski definition) is 4. The average Bonchev–Trinajstić information content (AvgIpc) is 2.25. The maximum Gasteiger partial charge on any atom is 0.141 e. The smallest absolute Gasteiger partial charge is 0.141 e. The van der Waals surface area contributed by atoms with Gasteiger partial charge in [0.2, 0.25) is 0 Å². The minimum atomic E-state index is 0.163. The van der Waals surface area contributed by atoms with Gasteiger partial charge in [0.1, 0.15) is 11.6 Å². The summed E-state index contributed by atoms with van der Waals surface area (Å²) in [7, 11) is 1.67. The molecular weight excluding hydrogens is 270 g/mol. The lowest BCUT2D eigenvalue weighted by Gasteiger charge is -2.12. The van der Waals surface area contributed by atoms with E-state index in [-0.39, 0.29) is 5.92 Å². The molecule has 4 nitrogen and oxygen atoms in total. The molecule has 1 unspecified atom stereocenters.